The number of pyridine rings is 1. The SMILES string of the molecule is CSc1ncccc1C(=O)NC[C@H]1[C@H]2CN(CC(C)C)C[C@]23CC[C@H]1O3. The average molecular weight is 376 g/mol. The van der Waals surface area contributed by atoms with E-state index in [1.165, 1.54) is 18.2 Å². The lowest BCUT2D eigenvalue weighted by Crippen LogP contribution is -2.42. The summed E-state index contributed by atoms with van der Waals surface area (Å²) in [5, 5.41) is 3.96. The molecule has 142 valence electrons. The summed E-state index contributed by atoms with van der Waals surface area (Å²) in [6.07, 6.45) is 6.32. The van der Waals surface area contributed by atoms with E-state index in [1.807, 2.05) is 18.4 Å². The van der Waals surface area contributed by atoms with E-state index in [9.17, 15) is 4.79 Å². The number of hydrogen-bond acceptors (Lipinski definition) is 5. The molecule has 3 fully saturated rings. The number of carbonyl (C=O) groups excluding carboxylic acids is 1. The van der Waals surface area contributed by atoms with E-state index in [-0.39, 0.29) is 11.5 Å². The highest BCUT2D eigenvalue weighted by molar-refractivity contribution is 7.98. The van der Waals surface area contributed by atoms with Gasteiger partial charge in [0, 0.05) is 44.2 Å². The van der Waals surface area contributed by atoms with Gasteiger partial charge >= 0.3 is 0 Å². The van der Waals surface area contributed by atoms with Crippen molar-refractivity contribution in [3.63, 3.8) is 0 Å². The Morgan fingerprint density at radius 1 is 1.54 bits per heavy atom. The second kappa shape index (κ2) is 7.13. The maximum atomic E-state index is 12.7. The molecule has 1 amide bonds. The zero-order valence-electron chi connectivity index (χ0n) is 15.9. The summed E-state index contributed by atoms with van der Waals surface area (Å²) in [5.74, 6) is 1.64. The number of nitrogens with zero attached hydrogens (tertiary/aromatic N) is 2. The van der Waals surface area contributed by atoms with Gasteiger partial charge in [0.25, 0.3) is 5.91 Å². The van der Waals surface area contributed by atoms with Gasteiger partial charge in [0.05, 0.1) is 17.3 Å². The molecule has 3 saturated heterocycles. The Hall–Kier alpha value is -1.11. The van der Waals surface area contributed by atoms with Crippen molar-refractivity contribution in [3.8, 4) is 0 Å². The lowest BCUT2D eigenvalue weighted by atomic mass is 9.73. The van der Waals surface area contributed by atoms with Crippen molar-refractivity contribution in [1.29, 1.82) is 0 Å². The van der Waals surface area contributed by atoms with Gasteiger partial charge in [-0.2, -0.15) is 0 Å². The van der Waals surface area contributed by atoms with Crippen molar-refractivity contribution in [3.05, 3.63) is 23.9 Å². The summed E-state index contributed by atoms with van der Waals surface area (Å²) in [4.78, 5) is 19.5. The molecule has 4 atom stereocenters. The Morgan fingerprint density at radius 3 is 3.15 bits per heavy atom. The Labute approximate surface area is 160 Å². The first-order valence-corrected chi connectivity index (χ1v) is 10.9. The minimum Gasteiger partial charge on any atom is -0.370 e. The second-order valence-corrected chi connectivity index (χ2v) is 9.18. The third kappa shape index (κ3) is 3.16. The van der Waals surface area contributed by atoms with Gasteiger partial charge in [-0.05, 0) is 37.1 Å². The standard InChI is InChI=1S/C20H29N3O2S/c1-13(2)10-23-11-16-15(17-6-7-20(16,12-23)25-17)9-22-18(24)14-5-4-8-21-19(14)26-3/h4-5,8,13,15-17H,6-7,9-12H2,1-3H3,(H,22,24)/t15-,16+,17+,20+/m0/s1. The molecule has 0 aliphatic carbocycles. The van der Waals surface area contributed by atoms with Crippen LogP contribution in [0, 0.1) is 17.8 Å². The van der Waals surface area contributed by atoms with Crippen LogP contribution in [0.3, 0.4) is 0 Å². The van der Waals surface area contributed by atoms with E-state index in [4.69, 9.17) is 4.74 Å². The summed E-state index contributed by atoms with van der Waals surface area (Å²) < 4.78 is 6.48. The monoisotopic (exact) mass is 375 g/mol. The summed E-state index contributed by atoms with van der Waals surface area (Å²) in [6.45, 7) is 8.57. The van der Waals surface area contributed by atoms with Gasteiger partial charge in [-0.3, -0.25) is 9.69 Å². The molecule has 3 aliphatic rings. The van der Waals surface area contributed by atoms with Crippen LogP contribution in [0.2, 0.25) is 0 Å². The number of hydrogen-bond donors (Lipinski definition) is 1. The minimum absolute atomic E-state index is 0.0173. The molecule has 26 heavy (non-hydrogen) atoms. The summed E-state index contributed by atoms with van der Waals surface area (Å²) in [6, 6.07) is 3.68. The summed E-state index contributed by atoms with van der Waals surface area (Å²) in [7, 11) is 0. The van der Waals surface area contributed by atoms with Crippen molar-refractivity contribution in [2.45, 2.75) is 43.4 Å². The zero-order valence-corrected chi connectivity index (χ0v) is 16.7. The van der Waals surface area contributed by atoms with Crippen LogP contribution in [0.4, 0.5) is 0 Å². The number of aromatic nitrogens is 1. The highest BCUT2D eigenvalue weighted by Gasteiger charge is 2.62. The second-order valence-electron chi connectivity index (χ2n) is 8.39. The molecular formula is C20H29N3O2S. The van der Waals surface area contributed by atoms with Crippen LogP contribution in [0.25, 0.3) is 0 Å². The van der Waals surface area contributed by atoms with Crippen molar-refractivity contribution in [1.82, 2.24) is 15.2 Å². The molecule has 5 nitrogen and oxygen atoms in total. The van der Waals surface area contributed by atoms with E-state index in [1.54, 1.807) is 6.20 Å². The van der Waals surface area contributed by atoms with Crippen molar-refractivity contribution in [2.75, 3.05) is 32.4 Å². The fourth-order valence-corrected chi connectivity index (χ4v) is 5.79. The number of thioether (sulfide) groups is 1. The van der Waals surface area contributed by atoms with Gasteiger partial charge in [0.1, 0.15) is 5.03 Å². The van der Waals surface area contributed by atoms with Crippen molar-refractivity contribution >= 4 is 17.7 Å². The molecule has 4 rings (SSSR count). The number of rotatable bonds is 6. The smallest absolute Gasteiger partial charge is 0.254 e. The molecule has 6 heteroatoms. The Bertz CT molecular complexity index is 683. The van der Waals surface area contributed by atoms with Crippen molar-refractivity contribution in [2.24, 2.45) is 17.8 Å². The fraction of sp³-hybridized carbons (Fsp3) is 0.700. The first kappa shape index (κ1) is 18.3. The lowest BCUT2D eigenvalue weighted by Gasteiger charge is -2.29. The van der Waals surface area contributed by atoms with Gasteiger partial charge in [-0.1, -0.05) is 13.8 Å². The maximum absolute atomic E-state index is 12.7. The van der Waals surface area contributed by atoms with Crippen LogP contribution >= 0.6 is 11.8 Å². The van der Waals surface area contributed by atoms with Crippen LogP contribution in [0.1, 0.15) is 37.0 Å². The lowest BCUT2D eigenvalue weighted by molar-refractivity contribution is 0.00198. The van der Waals surface area contributed by atoms with E-state index < -0.39 is 0 Å². The third-order valence-electron chi connectivity index (χ3n) is 6.19. The summed E-state index contributed by atoms with van der Waals surface area (Å²) >= 11 is 1.51. The predicted molar refractivity (Wildman–Crippen MR) is 103 cm³/mol. The predicted octanol–water partition coefficient (Wildman–Crippen LogP) is 2.67. The molecule has 1 spiro atoms. The van der Waals surface area contributed by atoms with Gasteiger partial charge in [-0.15, -0.1) is 11.8 Å². The number of fused-ring (bicyclic) bond motifs is 1. The molecule has 0 saturated carbocycles. The van der Waals surface area contributed by atoms with E-state index in [0.717, 1.165) is 31.1 Å². The molecule has 0 radical (unpaired) electrons. The van der Waals surface area contributed by atoms with Crippen LogP contribution in [-0.2, 0) is 4.74 Å². The molecule has 4 heterocycles. The number of likely N-dealkylation sites (tertiary alicyclic amines) is 1. The van der Waals surface area contributed by atoms with Crippen LogP contribution in [0.5, 0.6) is 0 Å². The first-order chi connectivity index (χ1) is 12.5. The molecule has 0 aromatic carbocycles. The Morgan fingerprint density at radius 2 is 2.38 bits per heavy atom. The number of ether oxygens (including phenoxy) is 1. The Balaban J connectivity index is 1.42. The number of nitrogens with one attached hydrogen (secondary N) is 1. The quantitative estimate of drug-likeness (QED) is 0.775. The first-order valence-electron chi connectivity index (χ1n) is 9.70. The van der Waals surface area contributed by atoms with Gasteiger partial charge in [-0.25, -0.2) is 4.98 Å². The molecule has 2 bridgehead atoms. The topological polar surface area (TPSA) is 54.5 Å². The van der Waals surface area contributed by atoms with Gasteiger partial charge < -0.3 is 10.1 Å². The molecular weight excluding hydrogens is 346 g/mol. The zero-order chi connectivity index (χ0) is 18.3. The van der Waals surface area contributed by atoms with E-state index >= 15 is 0 Å². The molecule has 1 aromatic heterocycles. The highest BCUT2D eigenvalue weighted by Crippen LogP contribution is 2.54. The number of carbonyl (C=O) groups is 1. The minimum atomic E-state index is -0.0173. The van der Waals surface area contributed by atoms with E-state index in [2.05, 4.69) is 29.0 Å². The van der Waals surface area contributed by atoms with E-state index in [0.29, 0.717) is 36.0 Å². The molecule has 0 unspecified atom stereocenters. The molecule has 1 aromatic rings. The maximum Gasteiger partial charge on any atom is 0.254 e. The molecule has 1 N–H and O–H groups in total. The number of amides is 1. The van der Waals surface area contributed by atoms with Crippen LogP contribution in [-0.4, -0.2) is 59.9 Å². The highest BCUT2D eigenvalue weighted by atomic mass is 32.2. The van der Waals surface area contributed by atoms with Gasteiger partial charge in [0.2, 0.25) is 0 Å². The van der Waals surface area contributed by atoms with Crippen LogP contribution in [0.15, 0.2) is 23.4 Å². The average Bonchev–Trinajstić information content (AvgIpc) is 3.26. The summed E-state index contributed by atoms with van der Waals surface area (Å²) in [5.41, 5.74) is 0.722. The third-order valence-corrected chi connectivity index (χ3v) is 6.90. The fourth-order valence-electron chi connectivity index (χ4n) is 5.25. The Kier molecular flexibility index (Phi) is 5.01. The molecule has 3 aliphatic heterocycles. The van der Waals surface area contributed by atoms with Gasteiger partial charge in [0.15, 0.2) is 0 Å². The van der Waals surface area contributed by atoms with Crippen molar-refractivity contribution < 1.29 is 9.53 Å². The van der Waals surface area contributed by atoms with Crippen LogP contribution < -0.4 is 5.32 Å². The normalized spacial score (nSPS) is 33.0. The largest absolute Gasteiger partial charge is 0.370 e.